The van der Waals surface area contributed by atoms with Gasteiger partial charge in [0, 0.05) is 6.42 Å². The molecule has 2 heteroatoms. The van der Waals surface area contributed by atoms with Gasteiger partial charge in [-0.25, -0.2) is 0 Å². The SMILES string of the molecule is Cc1ccc(CC(O)C=O)cc1. The van der Waals surface area contributed by atoms with Gasteiger partial charge < -0.3 is 9.90 Å². The van der Waals surface area contributed by atoms with Crippen LogP contribution in [0.5, 0.6) is 0 Å². The summed E-state index contributed by atoms with van der Waals surface area (Å²) < 4.78 is 0. The average Bonchev–Trinajstić information content (AvgIpc) is 2.09. The van der Waals surface area contributed by atoms with Gasteiger partial charge in [-0.1, -0.05) is 29.8 Å². The van der Waals surface area contributed by atoms with E-state index in [1.165, 1.54) is 5.56 Å². The predicted octanol–water partition coefficient (Wildman–Crippen LogP) is 1.10. The monoisotopic (exact) mass is 164 g/mol. The summed E-state index contributed by atoms with van der Waals surface area (Å²) >= 11 is 0. The average molecular weight is 164 g/mol. The fourth-order valence-electron chi connectivity index (χ4n) is 1.01. The molecule has 1 atom stereocenters. The lowest BCUT2D eigenvalue weighted by molar-refractivity contribution is -0.114. The van der Waals surface area contributed by atoms with Crippen molar-refractivity contribution in [3.05, 3.63) is 35.4 Å². The maximum absolute atomic E-state index is 10.1. The van der Waals surface area contributed by atoms with E-state index in [1.54, 1.807) is 0 Å². The molecular weight excluding hydrogens is 152 g/mol. The molecule has 0 heterocycles. The minimum absolute atomic E-state index is 0.407. The van der Waals surface area contributed by atoms with E-state index in [9.17, 15) is 4.79 Å². The van der Waals surface area contributed by atoms with Crippen molar-refractivity contribution in [1.82, 2.24) is 0 Å². The number of aldehydes is 1. The predicted molar refractivity (Wildman–Crippen MR) is 47.0 cm³/mol. The zero-order valence-corrected chi connectivity index (χ0v) is 7.03. The largest absolute Gasteiger partial charge is 0.385 e. The van der Waals surface area contributed by atoms with Crippen molar-refractivity contribution in [3.8, 4) is 0 Å². The summed E-state index contributed by atoms with van der Waals surface area (Å²) in [6.07, 6.45) is 0.0941. The Labute approximate surface area is 71.8 Å². The molecule has 1 unspecified atom stereocenters. The molecule has 64 valence electrons. The zero-order chi connectivity index (χ0) is 8.97. The lowest BCUT2D eigenvalue weighted by Gasteiger charge is -2.02. The van der Waals surface area contributed by atoms with Crippen LogP contribution in [0.4, 0.5) is 0 Å². The standard InChI is InChI=1S/C10H12O2/c1-8-2-4-9(5-3-8)6-10(12)7-11/h2-5,7,10,12H,6H2,1H3. The minimum atomic E-state index is -0.868. The number of aryl methyl sites for hydroxylation is 1. The fourth-order valence-corrected chi connectivity index (χ4v) is 1.01. The van der Waals surface area contributed by atoms with Crippen molar-refractivity contribution < 1.29 is 9.90 Å². The molecule has 0 aliphatic heterocycles. The Morgan fingerprint density at radius 2 is 2.00 bits per heavy atom. The van der Waals surface area contributed by atoms with Gasteiger partial charge in [-0.3, -0.25) is 0 Å². The molecule has 0 saturated heterocycles. The topological polar surface area (TPSA) is 37.3 Å². The molecule has 1 aromatic carbocycles. The van der Waals surface area contributed by atoms with E-state index in [2.05, 4.69) is 0 Å². The summed E-state index contributed by atoms with van der Waals surface area (Å²) in [5.41, 5.74) is 2.17. The molecule has 0 saturated carbocycles. The molecule has 0 aromatic heterocycles. The molecule has 0 radical (unpaired) electrons. The Morgan fingerprint density at radius 1 is 1.42 bits per heavy atom. The van der Waals surface area contributed by atoms with Gasteiger partial charge >= 0.3 is 0 Å². The van der Waals surface area contributed by atoms with Crippen LogP contribution >= 0.6 is 0 Å². The van der Waals surface area contributed by atoms with Gasteiger partial charge in [-0.05, 0) is 12.5 Å². The van der Waals surface area contributed by atoms with Gasteiger partial charge in [0.05, 0.1) is 0 Å². The van der Waals surface area contributed by atoms with E-state index in [1.807, 2.05) is 31.2 Å². The van der Waals surface area contributed by atoms with E-state index in [4.69, 9.17) is 5.11 Å². The second-order valence-corrected chi connectivity index (χ2v) is 2.89. The van der Waals surface area contributed by atoms with Crippen LogP contribution in [0.15, 0.2) is 24.3 Å². The van der Waals surface area contributed by atoms with Crippen LogP contribution in [0.2, 0.25) is 0 Å². The Bertz CT molecular complexity index is 251. The highest BCUT2D eigenvalue weighted by Crippen LogP contribution is 2.04. The minimum Gasteiger partial charge on any atom is -0.385 e. The van der Waals surface area contributed by atoms with Gasteiger partial charge in [-0.15, -0.1) is 0 Å². The molecule has 2 nitrogen and oxygen atoms in total. The van der Waals surface area contributed by atoms with Gasteiger partial charge in [-0.2, -0.15) is 0 Å². The van der Waals surface area contributed by atoms with Crippen LogP contribution in [0.25, 0.3) is 0 Å². The van der Waals surface area contributed by atoms with Crippen LogP contribution in [-0.2, 0) is 11.2 Å². The van der Waals surface area contributed by atoms with Crippen molar-refractivity contribution in [3.63, 3.8) is 0 Å². The van der Waals surface area contributed by atoms with Crippen LogP contribution in [-0.4, -0.2) is 17.5 Å². The first kappa shape index (κ1) is 8.94. The van der Waals surface area contributed by atoms with Crippen LogP contribution < -0.4 is 0 Å². The number of aliphatic hydroxyl groups is 1. The van der Waals surface area contributed by atoms with Crippen molar-refractivity contribution in [2.75, 3.05) is 0 Å². The van der Waals surface area contributed by atoms with Crippen molar-refractivity contribution in [1.29, 1.82) is 0 Å². The van der Waals surface area contributed by atoms with E-state index in [0.717, 1.165) is 5.56 Å². The first-order chi connectivity index (χ1) is 5.72. The molecule has 0 amide bonds. The molecule has 1 rings (SSSR count). The summed E-state index contributed by atoms with van der Waals surface area (Å²) in [6.45, 7) is 2.00. The quantitative estimate of drug-likeness (QED) is 0.679. The molecule has 0 bridgehead atoms. The molecule has 0 fully saturated rings. The lowest BCUT2D eigenvalue weighted by atomic mass is 10.1. The highest BCUT2D eigenvalue weighted by molar-refractivity contribution is 5.56. The number of hydrogen-bond acceptors (Lipinski definition) is 2. The Hall–Kier alpha value is -1.15. The summed E-state index contributed by atoms with van der Waals surface area (Å²) in [6, 6.07) is 7.77. The van der Waals surface area contributed by atoms with Gasteiger partial charge in [0.25, 0.3) is 0 Å². The first-order valence-corrected chi connectivity index (χ1v) is 3.91. The van der Waals surface area contributed by atoms with E-state index < -0.39 is 6.10 Å². The third-order valence-electron chi connectivity index (χ3n) is 1.72. The van der Waals surface area contributed by atoms with Gasteiger partial charge in [0.2, 0.25) is 0 Å². The molecular formula is C10H12O2. The Kier molecular flexibility index (Phi) is 3.00. The zero-order valence-electron chi connectivity index (χ0n) is 7.03. The maximum atomic E-state index is 10.1. The second-order valence-electron chi connectivity index (χ2n) is 2.89. The van der Waals surface area contributed by atoms with Crippen LogP contribution in [0.3, 0.4) is 0 Å². The number of rotatable bonds is 3. The second kappa shape index (κ2) is 4.02. The number of carbonyl (C=O) groups is 1. The number of aliphatic hydroxyl groups excluding tert-OH is 1. The molecule has 1 aromatic rings. The third-order valence-corrected chi connectivity index (χ3v) is 1.72. The molecule has 0 aliphatic rings. The smallest absolute Gasteiger partial charge is 0.148 e. The summed E-state index contributed by atoms with van der Waals surface area (Å²) in [4.78, 5) is 10.1. The molecule has 1 N–H and O–H groups in total. The normalized spacial score (nSPS) is 12.5. The third kappa shape index (κ3) is 2.47. The van der Waals surface area contributed by atoms with E-state index >= 15 is 0 Å². The van der Waals surface area contributed by atoms with Crippen molar-refractivity contribution in [2.45, 2.75) is 19.4 Å². The highest BCUT2D eigenvalue weighted by Gasteiger charge is 2.01. The van der Waals surface area contributed by atoms with Gasteiger partial charge in [0.1, 0.15) is 12.4 Å². The van der Waals surface area contributed by atoms with Crippen LogP contribution in [0, 0.1) is 6.92 Å². The van der Waals surface area contributed by atoms with Crippen LogP contribution in [0.1, 0.15) is 11.1 Å². The van der Waals surface area contributed by atoms with Gasteiger partial charge in [0.15, 0.2) is 0 Å². The molecule has 0 aliphatic carbocycles. The number of benzene rings is 1. The summed E-state index contributed by atoms with van der Waals surface area (Å²) in [7, 11) is 0. The fraction of sp³-hybridized carbons (Fsp3) is 0.300. The van der Waals surface area contributed by atoms with Crippen molar-refractivity contribution >= 4 is 6.29 Å². The molecule has 12 heavy (non-hydrogen) atoms. The Morgan fingerprint density at radius 3 is 2.50 bits per heavy atom. The molecule has 0 spiro atoms. The first-order valence-electron chi connectivity index (χ1n) is 3.91. The number of carbonyl (C=O) groups excluding carboxylic acids is 1. The maximum Gasteiger partial charge on any atom is 0.148 e. The number of hydrogen-bond donors (Lipinski definition) is 1. The Balaban J connectivity index is 2.64. The van der Waals surface area contributed by atoms with E-state index in [-0.39, 0.29) is 0 Å². The van der Waals surface area contributed by atoms with Crippen molar-refractivity contribution in [2.24, 2.45) is 0 Å². The summed E-state index contributed by atoms with van der Waals surface area (Å²) in [5, 5.41) is 9.01. The lowest BCUT2D eigenvalue weighted by Crippen LogP contribution is -2.11. The summed E-state index contributed by atoms with van der Waals surface area (Å²) in [5.74, 6) is 0. The highest BCUT2D eigenvalue weighted by atomic mass is 16.3. The van der Waals surface area contributed by atoms with E-state index in [0.29, 0.717) is 12.7 Å².